The molecule has 0 radical (unpaired) electrons. The van der Waals surface area contributed by atoms with Gasteiger partial charge in [0.2, 0.25) is 0 Å². The maximum absolute atomic E-state index is 4.88. The molecule has 5 heteroatoms. The van der Waals surface area contributed by atoms with Gasteiger partial charge in [0.05, 0.1) is 11.4 Å². The lowest BCUT2D eigenvalue weighted by Gasteiger charge is -2.34. The van der Waals surface area contributed by atoms with Gasteiger partial charge < -0.3 is 15.1 Å². The van der Waals surface area contributed by atoms with Gasteiger partial charge in [-0.1, -0.05) is 25.1 Å². The van der Waals surface area contributed by atoms with Crippen LogP contribution in [0.5, 0.6) is 0 Å². The largest absolute Gasteiger partial charge is 0.354 e. The van der Waals surface area contributed by atoms with Crippen molar-refractivity contribution in [1.29, 1.82) is 0 Å². The van der Waals surface area contributed by atoms with Crippen molar-refractivity contribution in [1.82, 2.24) is 20.0 Å². The van der Waals surface area contributed by atoms with Crippen LogP contribution < -0.4 is 10.2 Å². The summed E-state index contributed by atoms with van der Waals surface area (Å²) in [6.07, 6.45) is 1.15. The lowest BCUT2D eigenvalue weighted by Crippen LogP contribution is -2.45. The van der Waals surface area contributed by atoms with Gasteiger partial charge in [-0.2, -0.15) is 5.10 Å². The molecule has 2 heterocycles. The van der Waals surface area contributed by atoms with Crippen molar-refractivity contribution >= 4 is 5.82 Å². The predicted molar refractivity (Wildman–Crippen MR) is 100 cm³/mol. The van der Waals surface area contributed by atoms with Gasteiger partial charge in [-0.05, 0) is 39.1 Å². The van der Waals surface area contributed by atoms with E-state index in [0.29, 0.717) is 0 Å². The minimum absolute atomic E-state index is 0.883. The van der Waals surface area contributed by atoms with Crippen LogP contribution in [-0.4, -0.2) is 54.5 Å². The van der Waals surface area contributed by atoms with Gasteiger partial charge in [-0.3, -0.25) is 0 Å². The summed E-state index contributed by atoms with van der Waals surface area (Å²) in [5, 5.41) is 8.43. The van der Waals surface area contributed by atoms with Crippen LogP contribution in [0.1, 0.15) is 24.6 Å². The Morgan fingerprint density at radius 2 is 1.79 bits per heavy atom. The van der Waals surface area contributed by atoms with E-state index in [4.69, 9.17) is 5.10 Å². The highest BCUT2D eigenvalue weighted by Crippen LogP contribution is 2.28. The van der Waals surface area contributed by atoms with E-state index in [1.807, 2.05) is 0 Å². The molecule has 3 rings (SSSR count). The van der Waals surface area contributed by atoms with E-state index < -0.39 is 0 Å². The van der Waals surface area contributed by atoms with E-state index in [2.05, 4.69) is 71.0 Å². The van der Waals surface area contributed by atoms with Gasteiger partial charge in [-0.25, -0.2) is 4.68 Å². The molecule has 0 bridgehead atoms. The average Bonchev–Trinajstić information content (AvgIpc) is 2.93. The minimum atomic E-state index is 0.883. The molecule has 1 saturated heterocycles. The van der Waals surface area contributed by atoms with Crippen LogP contribution in [0.4, 0.5) is 5.82 Å². The summed E-state index contributed by atoms with van der Waals surface area (Å²) in [4.78, 5) is 4.89. The third kappa shape index (κ3) is 3.62. The van der Waals surface area contributed by atoms with E-state index in [1.165, 1.54) is 11.4 Å². The number of hydrogen-bond acceptors (Lipinski definition) is 4. The highest BCUT2D eigenvalue weighted by atomic mass is 15.4. The predicted octanol–water partition coefficient (Wildman–Crippen LogP) is 2.43. The molecule has 0 amide bonds. The number of hydrogen-bond donors (Lipinski definition) is 1. The van der Waals surface area contributed by atoms with Crippen molar-refractivity contribution < 1.29 is 0 Å². The van der Waals surface area contributed by atoms with Crippen LogP contribution >= 0.6 is 0 Å². The number of aromatic nitrogens is 2. The molecule has 1 aromatic carbocycles. The molecule has 0 aliphatic carbocycles. The Morgan fingerprint density at radius 3 is 2.46 bits per heavy atom. The second-order valence-corrected chi connectivity index (χ2v) is 6.60. The van der Waals surface area contributed by atoms with Gasteiger partial charge >= 0.3 is 0 Å². The molecule has 0 atom stereocenters. The molecule has 1 aliphatic rings. The Hall–Kier alpha value is -1.85. The molecular formula is C19H29N5. The Bertz CT molecular complexity index is 641. The number of benzene rings is 1. The summed E-state index contributed by atoms with van der Waals surface area (Å²) >= 11 is 0. The van der Waals surface area contributed by atoms with Crippen molar-refractivity contribution in [2.45, 2.75) is 26.8 Å². The zero-order chi connectivity index (χ0) is 16.9. The zero-order valence-electron chi connectivity index (χ0n) is 15.1. The first-order valence-electron chi connectivity index (χ1n) is 8.99. The number of rotatable bonds is 6. The molecule has 1 N–H and O–H groups in total. The van der Waals surface area contributed by atoms with E-state index >= 15 is 0 Å². The summed E-state index contributed by atoms with van der Waals surface area (Å²) in [7, 11) is 2.20. The fourth-order valence-corrected chi connectivity index (χ4v) is 3.24. The summed E-state index contributed by atoms with van der Waals surface area (Å²) in [5.41, 5.74) is 3.59. The van der Waals surface area contributed by atoms with Crippen LogP contribution in [0.15, 0.2) is 30.3 Å². The van der Waals surface area contributed by atoms with Crippen molar-refractivity contribution in [2.75, 3.05) is 44.7 Å². The number of nitrogens with one attached hydrogen (secondary N) is 1. The van der Waals surface area contributed by atoms with Gasteiger partial charge in [0.1, 0.15) is 5.82 Å². The maximum atomic E-state index is 4.88. The highest BCUT2D eigenvalue weighted by Gasteiger charge is 2.24. The van der Waals surface area contributed by atoms with Crippen LogP contribution in [0.3, 0.4) is 0 Å². The topological polar surface area (TPSA) is 36.3 Å². The van der Waals surface area contributed by atoms with Crippen LogP contribution in [0, 0.1) is 6.92 Å². The van der Waals surface area contributed by atoms with Crippen LogP contribution in [0.25, 0.3) is 5.69 Å². The van der Waals surface area contributed by atoms with E-state index in [1.54, 1.807) is 0 Å². The fourth-order valence-electron chi connectivity index (χ4n) is 3.24. The smallest absolute Gasteiger partial charge is 0.137 e. The second kappa shape index (κ2) is 7.81. The summed E-state index contributed by atoms with van der Waals surface area (Å²) in [6.45, 7) is 10.6. The summed E-state index contributed by atoms with van der Waals surface area (Å²) < 4.78 is 2.13. The molecule has 1 fully saturated rings. The fraction of sp³-hybridized carbons (Fsp3) is 0.526. The Balaban J connectivity index is 1.97. The summed E-state index contributed by atoms with van der Waals surface area (Å²) in [6, 6.07) is 10.5. The maximum Gasteiger partial charge on any atom is 0.137 e. The molecule has 2 aromatic rings. The first kappa shape index (κ1) is 17.0. The molecular weight excluding hydrogens is 298 g/mol. The van der Waals surface area contributed by atoms with Crippen LogP contribution in [0.2, 0.25) is 0 Å². The highest BCUT2D eigenvalue weighted by molar-refractivity contribution is 5.55. The van der Waals surface area contributed by atoms with Gasteiger partial charge in [0, 0.05) is 38.3 Å². The Morgan fingerprint density at radius 1 is 1.08 bits per heavy atom. The summed E-state index contributed by atoms with van der Waals surface area (Å²) in [5.74, 6) is 1.26. The molecule has 130 valence electrons. The number of anilines is 1. The van der Waals surface area contributed by atoms with Gasteiger partial charge in [0.25, 0.3) is 0 Å². The molecule has 0 unspecified atom stereocenters. The van der Waals surface area contributed by atoms with Crippen molar-refractivity contribution in [3.63, 3.8) is 0 Å². The average molecular weight is 327 g/mol. The number of nitrogens with zero attached hydrogens (tertiary/aromatic N) is 4. The van der Waals surface area contributed by atoms with Crippen molar-refractivity contribution in [3.8, 4) is 5.69 Å². The van der Waals surface area contributed by atoms with Crippen LogP contribution in [-0.2, 0) is 6.54 Å². The number of aryl methyl sites for hydroxylation is 1. The second-order valence-electron chi connectivity index (χ2n) is 6.60. The molecule has 5 nitrogen and oxygen atoms in total. The Kier molecular flexibility index (Phi) is 5.53. The SMILES string of the molecule is CCCNCc1c(C)nn(-c2ccccc2)c1N1CCN(C)CC1. The molecule has 0 saturated carbocycles. The first-order chi connectivity index (χ1) is 11.7. The van der Waals surface area contributed by atoms with Gasteiger partial charge in [0.15, 0.2) is 0 Å². The van der Waals surface area contributed by atoms with Gasteiger partial charge in [-0.15, -0.1) is 0 Å². The quantitative estimate of drug-likeness (QED) is 0.827. The van der Waals surface area contributed by atoms with Crippen molar-refractivity contribution in [3.05, 3.63) is 41.6 Å². The Labute approximate surface area is 145 Å². The zero-order valence-corrected chi connectivity index (χ0v) is 15.1. The first-order valence-corrected chi connectivity index (χ1v) is 8.99. The third-order valence-corrected chi connectivity index (χ3v) is 4.69. The minimum Gasteiger partial charge on any atom is -0.354 e. The lowest BCUT2D eigenvalue weighted by atomic mass is 10.2. The molecule has 0 spiro atoms. The van der Waals surface area contributed by atoms with E-state index in [0.717, 1.165) is 57.1 Å². The number of para-hydroxylation sites is 1. The van der Waals surface area contributed by atoms with E-state index in [-0.39, 0.29) is 0 Å². The molecule has 24 heavy (non-hydrogen) atoms. The van der Waals surface area contributed by atoms with E-state index in [9.17, 15) is 0 Å². The molecule has 1 aliphatic heterocycles. The third-order valence-electron chi connectivity index (χ3n) is 4.69. The standard InChI is InChI=1S/C19H29N5/c1-4-10-20-15-18-16(2)21-24(17-8-6-5-7-9-17)19(18)23-13-11-22(3)12-14-23/h5-9,20H,4,10-15H2,1-3H3. The van der Waals surface area contributed by atoms with Crippen molar-refractivity contribution in [2.24, 2.45) is 0 Å². The number of likely N-dealkylation sites (N-methyl/N-ethyl adjacent to an activating group) is 1. The normalized spacial score (nSPS) is 15.9. The number of piperazine rings is 1. The lowest BCUT2D eigenvalue weighted by molar-refractivity contribution is 0.311. The molecule has 1 aromatic heterocycles. The monoisotopic (exact) mass is 327 g/mol.